The van der Waals surface area contributed by atoms with Crippen LogP contribution in [0.25, 0.3) is 10.6 Å². The van der Waals surface area contributed by atoms with Crippen LogP contribution >= 0.6 is 27.3 Å². The first-order chi connectivity index (χ1) is 11.7. The number of hydrogen-bond donors (Lipinski definition) is 3. The number of hydrogen-bond acceptors (Lipinski definition) is 5. The lowest BCUT2D eigenvalue weighted by Crippen LogP contribution is -2.28. The van der Waals surface area contributed by atoms with Gasteiger partial charge in [0.1, 0.15) is 10.8 Å². The number of aromatic nitrogens is 2. The van der Waals surface area contributed by atoms with Gasteiger partial charge in [-0.15, -0.1) is 11.3 Å². The molecular weight excluding hydrogens is 390 g/mol. The first-order valence-electron chi connectivity index (χ1n) is 8.04. The van der Waals surface area contributed by atoms with Gasteiger partial charge in [-0.25, -0.2) is 14.8 Å². The maximum atomic E-state index is 11.7. The van der Waals surface area contributed by atoms with E-state index in [1.807, 2.05) is 13.0 Å². The predicted molar refractivity (Wildman–Crippen MR) is 101 cm³/mol. The van der Waals surface area contributed by atoms with E-state index in [1.165, 1.54) is 5.69 Å². The van der Waals surface area contributed by atoms with Crippen LogP contribution in [0.4, 0.5) is 10.6 Å². The highest BCUT2D eigenvalue weighted by Crippen LogP contribution is 2.35. The number of thiazole rings is 1. The van der Waals surface area contributed by atoms with Gasteiger partial charge in [0.05, 0.1) is 5.69 Å². The number of pyridine rings is 1. The second kappa shape index (κ2) is 8.04. The van der Waals surface area contributed by atoms with Gasteiger partial charge in [-0.1, -0.05) is 0 Å². The third-order valence-electron chi connectivity index (χ3n) is 3.94. The van der Waals surface area contributed by atoms with Crippen molar-refractivity contribution >= 4 is 39.1 Å². The molecule has 2 amide bonds. The minimum Gasteiger partial charge on any atom is -0.338 e. The molecule has 6 nitrogen and oxygen atoms in total. The Morgan fingerprint density at radius 3 is 3.00 bits per heavy atom. The summed E-state index contributed by atoms with van der Waals surface area (Å²) in [4.78, 5) is 20.7. The van der Waals surface area contributed by atoms with E-state index in [1.54, 1.807) is 17.5 Å². The number of nitrogens with one attached hydrogen (secondary N) is 3. The summed E-state index contributed by atoms with van der Waals surface area (Å²) in [6, 6.07) is 1.59. The lowest BCUT2D eigenvalue weighted by Gasteiger charge is -2.20. The summed E-state index contributed by atoms with van der Waals surface area (Å²) in [5.41, 5.74) is 2.11. The van der Waals surface area contributed by atoms with E-state index >= 15 is 0 Å². The summed E-state index contributed by atoms with van der Waals surface area (Å²) in [7, 11) is 0. The van der Waals surface area contributed by atoms with Crippen LogP contribution in [-0.2, 0) is 0 Å². The van der Waals surface area contributed by atoms with Crippen LogP contribution < -0.4 is 16.0 Å². The first-order valence-corrected chi connectivity index (χ1v) is 9.71. The second-order valence-corrected chi connectivity index (χ2v) is 7.35. The maximum absolute atomic E-state index is 11.7. The molecule has 3 heterocycles. The molecule has 1 fully saturated rings. The third kappa shape index (κ3) is 4.12. The van der Waals surface area contributed by atoms with Crippen molar-refractivity contribution in [3.05, 3.63) is 27.8 Å². The van der Waals surface area contributed by atoms with Gasteiger partial charge in [0.15, 0.2) is 0 Å². The zero-order valence-corrected chi connectivity index (χ0v) is 15.8. The number of urea groups is 1. The number of carbonyl (C=O) groups is 1. The number of halogens is 1. The molecule has 128 valence electrons. The molecule has 1 aliphatic rings. The van der Waals surface area contributed by atoms with Gasteiger partial charge in [-0.05, 0) is 54.9 Å². The normalized spacial score (nSPS) is 15.2. The zero-order valence-electron chi connectivity index (χ0n) is 13.4. The quantitative estimate of drug-likeness (QED) is 0.720. The van der Waals surface area contributed by atoms with Crippen molar-refractivity contribution < 1.29 is 4.79 Å². The Morgan fingerprint density at radius 1 is 1.46 bits per heavy atom. The Morgan fingerprint density at radius 2 is 2.25 bits per heavy atom. The van der Waals surface area contributed by atoms with Crippen molar-refractivity contribution in [3.63, 3.8) is 0 Å². The minimum absolute atomic E-state index is 0.257. The molecule has 0 bridgehead atoms. The molecule has 0 aliphatic carbocycles. The molecule has 3 rings (SSSR count). The smallest absolute Gasteiger partial charge is 0.320 e. The van der Waals surface area contributed by atoms with Crippen molar-refractivity contribution in [1.29, 1.82) is 0 Å². The molecule has 2 aromatic rings. The van der Waals surface area contributed by atoms with Crippen LogP contribution in [0.15, 0.2) is 22.1 Å². The van der Waals surface area contributed by atoms with Crippen LogP contribution in [0.2, 0.25) is 0 Å². The lowest BCUT2D eigenvalue weighted by atomic mass is 9.95. The van der Waals surface area contributed by atoms with E-state index in [-0.39, 0.29) is 6.03 Å². The highest BCUT2D eigenvalue weighted by atomic mass is 79.9. The number of rotatable bonds is 4. The van der Waals surface area contributed by atoms with Crippen molar-refractivity contribution in [2.75, 3.05) is 25.0 Å². The Bertz CT molecular complexity index is 714. The van der Waals surface area contributed by atoms with Gasteiger partial charge >= 0.3 is 6.03 Å². The molecule has 0 aromatic carbocycles. The molecule has 8 heteroatoms. The highest BCUT2D eigenvalue weighted by molar-refractivity contribution is 9.10. The number of anilines is 1. The van der Waals surface area contributed by atoms with E-state index < -0.39 is 0 Å². The number of nitrogens with zero attached hydrogens (tertiary/aromatic N) is 2. The molecule has 0 unspecified atom stereocenters. The standard InChI is InChI=1S/C16H20BrN5OS/c1-2-19-16(23)22-14-7-11(12(17)8-20-14)15-21-13(9-24-15)10-3-5-18-6-4-10/h7-10,18H,2-6H2,1H3,(H2,19,20,22,23). The van der Waals surface area contributed by atoms with E-state index in [0.717, 1.165) is 41.0 Å². The summed E-state index contributed by atoms with van der Waals surface area (Å²) in [5.74, 6) is 1.04. The number of amides is 2. The SMILES string of the molecule is CCNC(=O)Nc1cc(-c2nc(C3CCNCC3)cs2)c(Br)cn1. The Kier molecular flexibility index (Phi) is 5.80. The van der Waals surface area contributed by atoms with Crippen molar-refractivity contribution in [3.8, 4) is 10.6 Å². The monoisotopic (exact) mass is 409 g/mol. The fourth-order valence-electron chi connectivity index (χ4n) is 2.71. The van der Waals surface area contributed by atoms with Gasteiger partial charge in [0.25, 0.3) is 0 Å². The largest absolute Gasteiger partial charge is 0.338 e. The third-order valence-corrected chi connectivity index (χ3v) is 5.47. The molecule has 0 radical (unpaired) electrons. The first kappa shape index (κ1) is 17.3. The van der Waals surface area contributed by atoms with Gasteiger partial charge in [-0.3, -0.25) is 5.32 Å². The average Bonchev–Trinajstić information content (AvgIpc) is 3.07. The van der Waals surface area contributed by atoms with Gasteiger partial charge in [-0.2, -0.15) is 0 Å². The van der Waals surface area contributed by atoms with Crippen LogP contribution in [0, 0.1) is 0 Å². The van der Waals surface area contributed by atoms with Gasteiger partial charge < -0.3 is 10.6 Å². The maximum Gasteiger partial charge on any atom is 0.320 e. The van der Waals surface area contributed by atoms with Gasteiger partial charge in [0.2, 0.25) is 0 Å². The van der Waals surface area contributed by atoms with E-state index in [9.17, 15) is 4.79 Å². The Balaban J connectivity index is 1.80. The van der Waals surface area contributed by atoms with E-state index in [4.69, 9.17) is 4.98 Å². The Labute approximate surface area is 153 Å². The zero-order chi connectivity index (χ0) is 16.9. The fraction of sp³-hybridized carbons (Fsp3) is 0.438. The number of carbonyl (C=O) groups excluding carboxylic acids is 1. The van der Waals surface area contributed by atoms with Gasteiger partial charge in [0, 0.05) is 34.1 Å². The lowest BCUT2D eigenvalue weighted by molar-refractivity contribution is 0.252. The molecule has 0 spiro atoms. The van der Waals surface area contributed by atoms with Crippen LogP contribution in [0.3, 0.4) is 0 Å². The Hall–Kier alpha value is -1.51. The molecule has 24 heavy (non-hydrogen) atoms. The fourth-order valence-corrected chi connectivity index (χ4v) is 4.17. The van der Waals surface area contributed by atoms with Crippen LogP contribution in [-0.4, -0.2) is 35.6 Å². The summed E-state index contributed by atoms with van der Waals surface area (Å²) >= 11 is 5.17. The predicted octanol–water partition coefficient (Wildman–Crippen LogP) is 3.58. The van der Waals surface area contributed by atoms with Crippen molar-refractivity contribution in [1.82, 2.24) is 20.6 Å². The molecule has 0 saturated carbocycles. The van der Waals surface area contributed by atoms with Crippen LogP contribution in [0.1, 0.15) is 31.4 Å². The summed E-state index contributed by atoms with van der Waals surface area (Å²) < 4.78 is 0.871. The average molecular weight is 410 g/mol. The van der Waals surface area contributed by atoms with E-state index in [2.05, 4.69) is 42.2 Å². The van der Waals surface area contributed by atoms with Crippen LogP contribution in [0.5, 0.6) is 0 Å². The molecule has 0 atom stereocenters. The summed E-state index contributed by atoms with van der Waals surface area (Å²) in [5, 5.41) is 11.9. The second-order valence-electron chi connectivity index (χ2n) is 5.64. The van der Waals surface area contributed by atoms with Crippen molar-refractivity contribution in [2.45, 2.75) is 25.7 Å². The molecule has 1 aliphatic heterocycles. The molecule has 3 N–H and O–H groups in total. The van der Waals surface area contributed by atoms with Crippen molar-refractivity contribution in [2.24, 2.45) is 0 Å². The molecule has 1 saturated heterocycles. The number of piperidine rings is 1. The summed E-state index contributed by atoms with van der Waals surface area (Å²) in [6.07, 6.45) is 3.96. The molecule has 2 aromatic heterocycles. The topological polar surface area (TPSA) is 78.9 Å². The summed E-state index contributed by atoms with van der Waals surface area (Å²) in [6.45, 7) is 4.55. The minimum atomic E-state index is -0.257. The highest BCUT2D eigenvalue weighted by Gasteiger charge is 2.19. The van der Waals surface area contributed by atoms with E-state index in [0.29, 0.717) is 18.3 Å². The molecular formula is C16H20BrN5OS.